The van der Waals surface area contributed by atoms with E-state index in [-0.39, 0.29) is 5.56 Å². The second-order valence-electron chi connectivity index (χ2n) is 10.1. The van der Waals surface area contributed by atoms with Crippen molar-refractivity contribution < 1.29 is 8.78 Å². The zero-order valence-corrected chi connectivity index (χ0v) is 21.1. The normalized spacial score (nSPS) is 17.2. The summed E-state index contributed by atoms with van der Waals surface area (Å²) in [6.07, 6.45) is 5.41. The molecule has 178 valence electrons. The summed E-state index contributed by atoms with van der Waals surface area (Å²) in [4.78, 5) is 0. The summed E-state index contributed by atoms with van der Waals surface area (Å²) in [6.45, 7) is 8.58. The van der Waals surface area contributed by atoms with Crippen LogP contribution >= 0.6 is 0 Å². The number of rotatable bonds is 2. The number of hydrogen-bond donors (Lipinski definition) is 0. The van der Waals surface area contributed by atoms with Gasteiger partial charge >= 0.3 is 0 Å². The van der Waals surface area contributed by atoms with Crippen LogP contribution in [0.2, 0.25) is 0 Å². The standard InChI is InChI=1S/C33H32F2/c1-22-5-7-28(8-6-22)19-30-20-32(34)31(33(35)21-30)16-15-27-11-9-26(10-12-27)13-14-29-17-23(2)25(4)24(3)18-29/h9-12,17-18,20-22,28H,5-8,19H2,1-4H3. The quantitative estimate of drug-likeness (QED) is 0.335. The second-order valence-corrected chi connectivity index (χ2v) is 10.1. The fraction of sp³-hybridized carbons (Fsp3) is 0.333. The Balaban J connectivity index is 1.45. The molecule has 1 aliphatic rings. The molecule has 0 nitrogen and oxygen atoms in total. The van der Waals surface area contributed by atoms with E-state index in [0.717, 1.165) is 41.9 Å². The Kier molecular flexibility index (Phi) is 7.73. The molecule has 3 aromatic rings. The van der Waals surface area contributed by atoms with E-state index in [2.05, 4.69) is 63.5 Å². The maximum atomic E-state index is 14.7. The van der Waals surface area contributed by atoms with Gasteiger partial charge in [-0.15, -0.1) is 0 Å². The van der Waals surface area contributed by atoms with Crippen LogP contribution in [0.4, 0.5) is 8.78 Å². The van der Waals surface area contributed by atoms with Crippen LogP contribution in [-0.2, 0) is 6.42 Å². The van der Waals surface area contributed by atoms with Crippen molar-refractivity contribution in [2.24, 2.45) is 11.8 Å². The van der Waals surface area contributed by atoms with Crippen LogP contribution in [0.3, 0.4) is 0 Å². The third-order valence-corrected chi connectivity index (χ3v) is 7.26. The molecular formula is C33H32F2. The zero-order valence-electron chi connectivity index (χ0n) is 21.1. The maximum absolute atomic E-state index is 14.7. The summed E-state index contributed by atoms with van der Waals surface area (Å²) in [5.41, 5.74) is 6.86. The average molecular weight is 467 g/mol. The van der Waals surface area contributed by atoms with Gasteiger partial charge in [0.25, 0.3) is 0 Å². The molecule has 35 heavy (non-hydrogen) atoms. The molecule has 0 aliphatic heterocycles. The largest absolute Gasteiger partial charge is 0.206 e. The predicted molar refractivity (Wildman–Crippen MR) is 140 cm³/mol. The smallest absolute Gasteiger partial charge is 0.142 e. The van der Waals surface area contributed by atoms with E-state index in [9.17, 15) is 8.78 Å². The minimum atomic E-state index is -0.581. The van der Waals surface area contributed by atoms with Gasteiger partial charge in [0.1, 0.15) is 11.6 Å². The van der Waals surface area contributed by atoms with Crippen molar-refractivity contribution in [2.45, 2.75) is 59.8 Å². The van der Waals surface area contributed by atoms with Gasteiger partial charge < -0.3 is 0 Å². The summed E-state index contributed by atoms with van der Waals surface area (Å²) in [5.74, 6) is 12.1. The predicted octanol–water partition coefficient (Wildman–Crippen LogP) is 8.06. The molecule has 0 unspecified atom stereocenters. The summed E-state index contributed by atoms with van der Waals surface area (Å²) >= 11 is 0. The first-order valence-corrected chi connectivity index (χ1v) is 12.5. The molecule has 0 spiro atoms. The number of hydrogen-bond acceptors (Lipinski definition) is 0. The molecule has 0 N–H and O–H groups in total. The Bertz CT molecular complexity index is 1290. The van der Waals surface area contributed by atoms with Gasteiger partial charge in [0.05, 0.1) is 5.56 Å². The molecule has 4 rings (SSSR count). The lowest BCUT2D eigenvalue weighted by molar-refractivity contribution is 0.288. The van der Waals surface area contributed by atoms with E-state index in [0.29, 0.717) is 11.5 Å². The van der Waals surface area contributed by atoms with Gasteiger partial charge in [-0.05, 0) is 123 Å². The first kappa shape index (κ1) is 24.8. The molecule has 1 aliphatic carbocycles. The highest BCUT2D eigenvalue weighted by atomic mass is 19.1. The lowest BCUT2D eigenvalue weighted by atomic mass is 9.80. The summed E-state index contributed by atoms with van der Waals surface area (Å²) < 4.78 is 29.4. The van der Waals surface area contributed by atoms with E-state index < -0.39 is 11.6 Å². The Labute approximate surface area is 208 Å². The van der Waals surface area contributed by atoms with Crippen molar-refractivity contribution >= 4 is 0 Å². The fourth-order valence-corrected chi connectivity index (χ4v) is 4.75. The van der Waals surface area contributed by atoms with E-state index >= 15 is 0 Å². The average Bonchev–Trinajstić information content (AvgIpc) is 2.83. The lowest BCUT2D eigenvalue weighted by Crippen LogP contribution is -2.14. The Morgan fingerprint density at radius 3 is 1.71 bits per heavy atom. The van der Waals surface area contributed by atoms with E-state index in [1.54, 1.807) is 0 Å². The third-order valence-electron chi connectivity index (χ3n) is 7.26. The molecule has 1 saturated carbocycles. The third kappa shape index (κ3) is 6.41. The highest BCUT2D eigenvalue weighted by molar-refractivity contribution is 5.50. The SMILES string of the molecule is Cc1cc(C#Cc2ccc(C#Cc3c(F)cc(CC4CCC(C)CC4)cc3F)cc2)cc(C)c1C. The van der Waals surface area contributed by atoms with Crippen LogP contribution in [0.5, 0.6) is 0 Å². The van der Waals surface area contributed by atoms with Crippen molar-refractivity contribution in [2.75, 3.05) is 0 Å². The molecule has 0 heterocycles. The number of benzene rings is 3. The van der Waals surface area contributed by atoms with Gasteiger partial charge in [-0.3, -0.25) is 0 Å². The second kappa shape index (κ2) is 10.9. The minimum absolute atomic E-state index is 0.167. The van der Waals surface area contributed by atoms with Crippen molar-refractivity contribution in [3.8, 4) is 23.7 Å². The molecule has 3 aromatic carbocycles. The Morgan fingerprint density at radius 2 is 1.17 bits per heavy atom. The van der Waals surface area contributed by atoms with Crippen molar-refractivity contribution in [3.63, 3.8) is 0 Å². The van der Waals surface area contributed by atoms with E-state index in [1.807, 2.05) is 24.3 Å². The summed E-state index contributed by atoms with van der Waals surface area (Å²) in [6, 6.07) is 14.5. The van der Waals surface area contributed by atoms with Gasteiger partial charge in [-0.25, -0.2) is 8.78 Å². The van der Waals surface area contributed by atoms with Gasteiger partial charge in [-0.1, -0.05) is 43.4 Å². The van der Waals surface area contributed by atoms with Gasteiger partial charge in [0.2, 0.25) is 0 Å². The van der Waals surface area contributed by atoms with Crippen molar-refractivity contribution in [1.29, 1.82) is 0 Å². The Morgan fingerprint density at radius 1 is 0.686 bits per heavy atom. The number of halogens is 2. The molecule has 0 saturated heterocycles. The topological polar surface area (TPSA) is 0 Å². The van der Waals surface area contributed by atoms with Crippen molar-refractivity contribution in [3.05, 3.63) is 105 Å². The van der Waals surface area contributed by atoms with E-state index in [1.165, 1.54) is 41.7 Å². The molecule has 0 radical (unpaired) electrons. The first-order chi connectivity index (χ1) is 16.8. The van der Waals surface area contributed by atoms with E-state index in [4.69, 9.17) is 0 Å². The molecule has 1 fully saturated rings. The van der Waals surface area contributed by atoms with Crippen LogP contribution < -0.4 is 0 Å². The van der Waals surface area contributed by atoms with Gasteiger partial charge in [0, 0.05) is 16.7 Å². The van der Waals surface area contributed by atoms with Crippen LogP contribution in [0.1, 0.15) is 77.1 Å². The minimum Gasteiger partial charge on any atom is -0.206 e. The molecule has 0 atom stereocenters. The highest BCUT2D eigenvalue weighted by Gasteiger charge is 2.19. The molecule has 0 amide bonds. The van der Waals surface area contributed by atoms with Crippen LogP contribution in [0, 0.1) is 67.9 Å². The van der Waals surface area contributed by atoms with Gasteiger partial charge in [-0.2, -0.15) is 0 Å². The fourth-order valence-electron chi connectivity index (χ4n) is 4.75. The monoisotopic (exact) mass is 466 g/mol. The first-order valence-electron chi connectivity index (χ1n) is 12.5. The number of aryl methyl sites for hydroxylation is 2. The molecule has 0 aromatic heterocycles. The molecular weight excluding hydrogens is 434 g/mol. The summed E-state index contributed by atoms with van der Waals surface area (Å²) in [5, 5.41) is 0. The van der Waals surface area contributed by atoms with Gasteiger partial charge in [0.15, 0.2) is 0 Å². The van der Waals surface area contributed by atoms with Crippen LogP contribution in [0.15, 0.2) is 48.5 Å². The maximum Gasteiger partial charge on any atom is 0.142 e. The molecule has 0 bridgehead atoms. The molecule has 2 heteroatoms. The highest BCUT2D eigenvalue weighted by Crippen LogP contribution is 2.31. The summed E-state index contributed by atoms with van der Waals surface area (Å²) in [7, 11) is 0. The van der Waals surface area contributed by atoms with Crippen LogP contribution in [0.25, 0.3) is 0 Å². The Hall–Kier alpha value is -3.36. The van der Waals surface area contributed by atoms with Crippen molar-refractivity contribution in [1.82, 2.24) is 0 Å². The van der Waals surface area contributed by atoms with Crippen LogP contribution in [-0.4, -0.2) is 0 Å². The lowest BCUT2D eigenvalue weighted by Gasteiger charge is -2.26. The zero-order chi connectivity index (χ0) is 24.9.